The van der Waals surface area contributed by atoms with E-state index in [-0.39, 0.29) is 11.5 Å². The Morgan fingerprint density at radius 3 is 2.48 bits per heavy atom. The first-order chi connectivity index (χ1) is 15.4. The zero-order valence-corrected chi connectivity index (χ0v) is 20.9. The summed E-state index contributed by atoms with van der Waals surface area (Å²) in [4.78, 5) is 25.4. The normalized spacial score (nSPS) is 18.7. The number of piperidine rings is 1. The molecule has 2 N–H and O–H groups in total. The van der Waals surface area contributed by atoms with Gasteiger partial charge < -0.3 is 19.5 Å². The Labute approximate surface area is 195 Å². The maximum absolute atomic E-state index is 13.1. The van der Waals surface area contributed by atoms with Gasteiger partial charge in [-0.1, -0.05) is 32.0 Å². The molecule has 1 fully saturated rings. The summed E-state index contributed by atoms with van der Waals surface area (Å²) < 4.78 is 18.8. The van der Waals surface area contributed by atoms with Gasteiger partial charge in [-0.25, -0.2) is 0 Å². The number of para-hydroxylation sites is 1. The van der Waals surface area contributed by atoms with Crippen molar-refractivity contribution in [3.8, 4) is 0 Å². The summed E-state index contributed by atoms with van der Waals surface area (Å²) in [7, 11) is -3.45. The minimum Gasteiger partial charge on any atom is -0.440 e. The molecule has 0 aliphatic carbocycles. The summed E-state index contributed by atoms with van der Waals surface area (Å²) in [6.07, 6.45) is 2.09. The molecule has 2 heterocycles. The summed E-state index contributed by atoms with van der Waals surface area (Å²) in [6.45, 7) is 11.5. The number of aryl methyl sites for hydroxylation is 1. The van der Waals surface area contributed by atoms with Crippen LogP contribution >= 0.6 is 7.37 Å². The minimum atomic E-state index is -3.45. The number of benzene rings is 2. The molecule has 1 aliphatic heterocycles. The highest BCUT2D eigenvalue weighted by Crippen LogP contribution is 2.38. The van der Waals surface area contributed by atoms with E-state index in [1.165, 1.54) is 6.66 Å². The van der Waals surface area contributed by atoms with Crippen molar-refractivity contribution in [3.63, 3.8) is 0 Å². The van der Waals surface area contributed by atoms with Crippen molar-refractivity contribution < 1.29 is 13.9 Å². The quantitative estimate of drug-likeness (QED) is 0.486. The van der Waals surface area contributed by atoms with E-state index in [1.54, 1.807) is 24.3 Å². The lowest BCUT2D eigenvalue weighted by atomic mass is 9.83. The molecule has 1 aromatic heterocycles. The molecule has 2 unspecified atom stereocenters. The Morgan fingerprint density at radius 1 is 1.15 bits per heavy atom. The standard InChI is InChI=1S/C26H33N2O4P/c1-17-14-19(18(2)27-21-8-6-7-9-23(21)33(5,30)31)25-20(15-17)22(29)16-24(32-25)28-12-10-26(3,4)11-13-28/h6-9,14-16,18,27H,10-13H2,1-5H3,(H,30,31). The van der Waals surface area contributed by atoms with Gasteiger partial charge in [0.25, 0.3) is 0 Å². The molecule has 7 heteroatoms. The minimum absolute atomic E-state index is 0.0537. The molecule has 0 spiro atoms. The highest BCUT2D eigenvalue weighted by Gasteiger charge is 2.27. The highest BCUT2D eigenvalue weighted by molar-refractivity contribution is 7.65. The molecule has 1 saturated heterocycles. The fourth-order valence-corrected chi connectivity index (χ4v) is 5.45. The van der Waals surface area contributed by atoms with E-state index < -0.39 is 7.37 Å². The average Bonchev–Trinajstić information content (AvgIpc) is 2.73. The molecule has 0 saturated carbocycles. The summed E-state index contributed by atoms with van der Waals surface area (Å²) in [5.41, 5.74) is 3.22. The SMILES string of the molecule is Cc1cc(C(C)Nc2ccccc2P(C)(=O)O)c2oc(N3CCC(C)(C)CC3)cc(=O)c2c1. The second-order valence-corrected chi connectivity index (χ2v) is 12.3. The van der Waals surface area contributed by atoms with E-state index in [0.29, 0.717) is 33.3 Å². The van der Waals surface area contributed by atoms with Crippen molar-refractivity contribution in [1.82, 2.24) is 0 Å². The number of fused-ring (bicyclic) bond motifs is 1. The van der Waals surface area contributed by atoms with Crippen molar-refractivity contribution >= 4 is 35.2 Å². The molecule has 0 radical (unpaired) electrons. The van der Waals surface area contributed by atoms with Gasteiger partial charge in [-0.05, 0) is 55.9 Å². The first-order valence-corrected chi connectivity index (χ1v) is 13.5. The van der Waals surface area contributed by atoms with Gasteiger partial charge in [0.1, 0.15) is 5.58 Å². The second kappa shape index (κ2) is 8.66. The Balaban J connectivity index is 1.76. The maximum Gasteiger partial charge on any atom is 0.228 e. The number of nitrogens with one attached hydrogen (secondary N) is 1. The topological polar surface area (TPSA) is 82.8 Å². The summed E-state index contributed by atoms with van der Waals surface area (Å²) in [5, 5.41) is 4.31. The lowest BCUT2D eigenvalue weighted by Gasteiger charge is -2.37. The molecule has 0 amide bonds. The van der Waals surface area contributed by atoms with Crippen LogP contribution in [0.4, 0.5) is 11.6 Å². The van der Waals surface area contributed by atoms with Crippen molar-refractivity contribution in [2.24, 2.45) is 5.41 Å². The molecule has 1 aliphatic rings. The first kappa shape index (κ1) is 23.6. The van der Waals surface area contributed by atoms with Gasteiger partial charge in [-0.15, -0.1) is 0 Å². The number of anilines is 2. The van der Waals surface area contributed by atoms with Crippen LogP contribution in [0.2, 0.25) is 0 Å². The smallest absolute Gasteiger partial charge is 0.228 e. The lowest BCUT2D eigenvalue weighted by Crippen LogP contribution is -2.37. The van der Waals surface area contributed by atoms with E-state index in [4.69, 9.17) is 4.42 Å². The van der Waals surface area contributed by atoms with Gasteiger partial charge in [0.15, 0.2) is 11.3 Å². The van der Waals surface area contributed by atoms with Crippen molar-refractivity contribution in [2.45, 2.75) is 46.6 Å². The molecule has 2 atom stereocenters. The first-order valence-electron chi connectivity index (χ1n) is 11.4. The van der Waals surface area contributed by atoms with Crippen LogP contribution in [-0.2, 0) is 4.57 Å². The average molecular weight is 469 g/mol. The molecule has 2 aromatic carbocycles. The van der Waals surface area contributed by atoms with E-state index in [1.807, 2.05) is 32.0 Å². The van der Waals surface area contributed by atoms with Crippen LogP contribution in [0.3, 0.4) is 0 Å². The Kier molecular flexibility index (Phi) is 6.19. The van der Waals surface area contributed by atoms with Crippen LogP contribution in [0.15, 0.2) is 51.7 Å². The van der Waals surface area contributed by atoms with Crippen LogP contribution in [0.1, 0.15) is 50.8 Å². The van der Waals surface area contributed by atoms with Crippen molar-refractivity contribution in [3.05, 3.63) is 63.8 Å². The third-order valence-corrected chi connectivity index (χ3v) is 7.89. The van der Waals surface area contributed by atoms with Gasteiger partial charge in [-0.2, -0.15) is 0 Å². The largest absolute Gasteiger partial charge is 0.440 e. The van der Waals surface area contributed by atoms with E-state index in [2.05, 4.69) is 24.1 Å². The molecule has 6 nitrogen and oxygen atoms in total. The Hall–Kier alpha value is -2.56. The molecule has 4 rings (SSSR count). The summed E-state index contributed by atoms with van der Waals surface area (Å²) >= 11 is 0. The highest BCUT2D eigenvalue weighted by atomic mass is 31.2. The van der Waals surface area contributed by atoms with Gasteiger partial charge in [0, 0.05) is 37.1 Å². The summed E-state index contributed by atoms with van der Waals surface area (Å²) in [5.74, 6) is 0.606. The third-order valence-electron chi connectivity index (χ3n) is 6.61. The fourth-order valence-electron chi connectivity index (χ4n) is 4.50. The number of hydrogen-bond donors (Lipinski definition) is 2. The van der Waals surface area contributed by atoms with Crippen LogP contribution in [0.5, 0.6) is 0 Å². The molecule has 33 heavy (non-hydrogen) atoms. The van der Waals surface area contributed by atoms with Gasteiger partial charge in [0.2, 0.25) is 7.37 Å². The van der Waals surface area contributed by atoms with Gasteiger partial charge >= 0.3 is 0 Å². The predicted octanol–water partition coefficient (Wildman–Crippen LogP) is 5.43. The van der Waals surface area contributed by atoms with E-state index in [0.717, 1.165) is 37.1 Å². The van der Waals surface area contributed by atoms with Crippen molar-refractivity contribution in [2.75, 3.05) is 30.0 Å². The third kappa shape index (κ3) is 5.02. The zero-order chi connectivity index (χ0) is 24.0. The number of rotatable bonds is 5. The Morgan fingerprint density at radius 2 is 1.82 bits per heavy atom. The number of nitrogens with zero attached hydrogens (tertiary/aromatic N) is 1. The Bertz CT molecular complexity index is 1280. The van der Waals surface area contributed by atoms with Crippen LogP contribution in [-0.4, -0.2) is 24.6 Å². The lowest BCUT2D eigenvalue weighted by molar-refractivity contribution is 0.274. The number of hydrogen-bond acceptors (Lipinski definition) is 5. The van der Waals surface area contributed by atoms with E-state index in [9.17, 15) is 14.3 Å². The molecule has 3 aromatic rings. The van der Waals surface area contributed by atoms with Crippen LogP contribution in [0.25, 0.3) is 11.0 Å². The van der Waals surface area contributed by atoms with Crippen LogP contribution < -0.4 is 21.0 Å². The van der Waals surface area contributed by atoms with Crippen molar-refractivity contribution in [1.29, 1.82) is 0 Å². The van der Waals surface area contributed by atoms with Gasteiger partial charge in [-0.3, -0.25) is 9.36 Å². The monoisotopic (exact) mass is 468 g/mol. The molecular weight excluding hydrogens is 435 g/mol. The molecular formula is C26H33N2O4P. The molecule has 176 valence electrons. The van der Waals surface area contributed by atoms with Crippen LogP contribution in [0, 0.1) is 12.3 Å². The predicted molar refractivity (Wildman–Crippen MR) is 136 cm³/mol. The maximum atomic E-state index is 13.1. The summed E-state index contributed by atoms with van der Waals surface area (Å²) in [6, 6.07) is 12.3. The van der Waals surface area contributed by atoms with Gasteiger partial charge in [0.05, 0.1) is 16.7 Å². The second-order valence-electron chi connectivity index (χ2n) is 10.1. The molecule has 0 bridgehead atoms. The fraction of sp³-hybridized carbons (Fsp3) is 0.423. The van der Waals surface area contributed by atoms with E-state index >= 15 is 0 Å². The zero-order valence-electron chi connectivity index (χ0n) is 20.0.